The van der Waals surface area contributed by atoms with E-state index >= 15 is 0 Å². The van der Waals surface area contributed by atoms with Gasteiger partial charge < -0.3 is 9.47 Å². The fourth-order valence-electron chi connectivity index (χ4n) is 6.12. The van der Waals surface area contributed by atoms with Gasteiger partial charge in [0.25, 0.3) is 0 Å². The molecule has 0 aromatic heterocycles. The van der Waals surface area contributed by atoms with Crippen LogP contribution in [0.2, 0.25) is 5.02 Å². The Balaban J connectivity index is 1.28. The topological polar surface area (TPSA) is 38.8 Å². The van der Waals surface area contributed by atoms with Crippen LogP contribution in [0.25, 0.3) is 0 Å². The molecule has 0 N–H and O–H groups in total. The van der Waals surface area contributed by atoms with Crippen LogP contribution in [0.1, 0.15) is 67.2 Å². The van der Waals surface area contributed by atoms with Crippen LogP contribution in [0.3, 0.4) is 0 Å². The summed E-state index contributed by atoms with van der Waals surface area (Å²) < 4.78 is 65.8. The summed E-state index contributed by atoms with van der Waals surface area (Å²) in [5.41, 5.74) is 0.876. The van der Waals surface area contributed by atoms with E-state index in [0.717, 1.165) is 48.6 Å². The fourth-order valence-corrected chi connectivity index (χ4v) is 6.36. The molecule has 2 heterocycles. The van der Waals surface area contributed by atoms with Crippen LogP contribution >= 0.6 is 11.6 Å². The van der Waals surface area contributed by atoms with Gasteiger partial charge in [-0.1, -0.05) is 30.7 Å². The monoisotopic (exact) mass is 553 g/mol. The fraction of sp³-hybridized carbons (Fsp3) is 0.552. The van der Waals surface area contributed by atoms with Crippen LogP contribution < -0.4 is 4.74 Å². The van der Waals surface area contributed by atoms with Gasteiger partial charge in [0.15, 0.2) is 0 Å². The summed E-state index contributed by atoms with van der Waals surface area (Å²) >= 11 is 5.77. The number of piperidine rings is 1. The predicted octanol–water partition coefficient (Wildman–Crippen LogP) is 7.16. The van der Waals surface area contributed by atoms with Crippen LogP contribution in [0, 0.1) is 17.7 Å². The summed E-state index contributed by atoms with van der Waals surface area (Å²) in [4.78, 5) is 14.3. The second-order valence-electron chi connectivity index (χ2n) is 11.0. The molecular weight excluding hydrogens is 522 g/mol. The summed E-state index contributed by atoms with van der Waals surface area (Å²) in [7, 11) is 1.42. The number of nitrogens with zero attached hydrogens (tertiary/aromatic N) is 1. The van der Waals surface area contributed by atoms with E-state index in [2.05, 4.69) is 18.2 Å². The maximum absolute atomic E-state index is 14.6. The van der Waals surface area contributed by atoms with Gasteiger partial charge in [0, 0.05) is 25.2 Å². The van der Waals surface area contributed by atoms with Crippen molar-refractivity contribution < 1.29 is 31.8 Å². The molecule has 0 bridgehead atoms. The van der Waals surface area contributed by atoms with Crippen molar-refractivity contribution in [1.82, 2.24) is 4.90 Å². The van der Waals surface area contributed by atoms with E-state index in [1.807, 2.05) is 11.8 Å². The highest BCUT2D eigenvalue weighted by molar-refractivity contribution is 6.30. The summed E-state index contributed by atoms with van der Waals surface area (Å²) in [6.07, 6.45) is 0.705. The molecule has 2 aromatic rings. The molecule has 4 nitrogen and oxygen atoms in total. The van der Waals surface area contributed by atoms with Gasteiger partial charge in [-0.25, -0.2) is 4.39 Å². The molecule has 0 amide bonds. The quantitative estimate of drug-likeness (QED) is 0.281. The van der Waals surface area contributed by atoms with E-state index in [9.17, 15) is 22.4 Å². The molecule has 1 saturated carbocycles. The third-order valence-corrected chi connectivity index (χ3v) is 8.76. The van der Waals surface area contributed by atoms with Crippen molar-refractivity contribution in [2.24, 2.45) is 11.8 Å². The van der Waals surface area contributed by atoms with Gasteiger partial charge in [0.05, 0.1) is 23.6 Å². The molecule has 2 atom stereocenters. The summed E-state index contributed by atoms with van der Waals surface area (Å²) in [6.45, 7) is 3.13. The number of halogens is 5. The molecule has 1 spiro atoms. The van der Waals surface area contributed by atoms with Crippen molar-refractivity contribution in [3.63, 3.8) is 0 Å². The molecule has 0 radical (unpaired) electrons. The first-order valence-electron chi connectivity index (χ1n) is 13.2. The zero-order chi connectivity index (χ0) is 27.2. The van der Waals surface area contributed by atoms with E-state index in [1.165, 1.54) is 7.11 Å². The second-order valence-corrected chi connectivity index (χ2v) is 11.4. The maximum atomic E-state index is 14.6. The number of ether oxygens (including phenoxy) is 2. The normalized spacial score (nSPS) is 20.9. The van der Waals surface area contributed by atoms with Crippen molar-refractivity contribution in [2.45, 2.75) is 69.7 Å². The molecule has 2 unspecified atom stereocenters. The van der Waals surface area contributed by atoms with Crippen molar-refractivity contribution in [3.05, 3.63) is 63.4 Å². The van der Waals surface area contributed by atoms with Crippen LogP contribution in [0.15, 0.2) is 30.3 Å². The maximum Gasteiger partial charge on any atom is 0.416 e. The number of esters is 1. The summed E-state index contributed by atoms with van der Waals surface area (Å²) in [6, 6.07) is 7.79. The molecule has 38 heavy (non-hydrogen) atoms. The zero-order valence-corrected chi connectivity index (χ0v) is 22.3. The number of hydrogen-bond donors (Lipinski definition) is 0. The number of carbonyl (C=O) groups is 1. The number of carbonyl (C=O) groups excluding carboxylic acids is 1. The molecule has 3 aliphatic rings. The average molecular weight is 554 g/mol. The first-order chi connectivity index (χ1) is 18.0. The first-order valence-corrected chi connectivity index (χ1v) is 13.5. The summed E-state index contributed by atoms with van der Waals surface area (Å²) in [5, 5.41) is -0.516. The van der Waals surface area contributed by atoms with Gasteiger partial charge in [0.1, 0.15) is 17.2 Å². The molecule has 9 heteroatoms. The Bertz CT molecular complexity index is 1210. The molecule has 2 aliphatic heterocycles. The highest BCUT2D eigenvalue weighted by atomic mass is 35.5. The highest BCUT2D eigenvalue weighted by Gasteiger charge is 2.42. The minimum Gasteiger partial charge on any atom is -0.487 e. The van der Waals surface area contributed by atoms with Crippen molar-refractivity contribution in [3.8, 4) is 5.75 Å². The van der Waals surface area contributed by atoms with Gasteiger partial charge in [-0.3, -0.25) is 9.69 Å². The Kier molecular flexibility index (Phi) is 7.42. The number of aryl methyl sites for hydroxylation is 1. The van der Waals surface area contributed by atoms with Gasteiger partial charge in [-0.05, 0) is 79.7 Å². The van der Waals surface area contributed by atoms with E-state index in [0.29, 0.717) is 37.9 Å². The molecule has 2 fully saturated rings. The Morgan fingerprint density at radius 3 is 2.53 bits per heavy atom. The van der Waals surface area contributed by atoms with Crippen LogP contribution in [-0.4, -0.2) is 36.7 Å². The number of benzene rings is 2. The second kappa shape index (κ2) is 10.3. The minimum absolute atomic E-state index is 0.0498. The number of methoxy groups -OCH3 is 1. The van der Waals surface area contributed by atoms with Gasteiger partial charge in [-0.2, -0.15) is 13.2 Å². The van der Waals surface area contributed by atoms with Crippen molar-refractivity contribution in [2.75, 3.05) is 20.2 Å². The number of fused-ring (bicyclic) bond motifs is 1. The van der Waals surface area contributed by atoms with E-state index < -0.39 is 22.6 Å². The van der Waals surface area contributed by atoms with Gasteiger partial charge in [-0.15, -0.1) is 0 Å². The number of likely N-dealkylation sites (tertiary alicyclic amines) is 1. The largest absolute Gasteiger partial charge is 0.487 e. The molecule has 5 rings (SSSR count). The average Bonchev–Trinajstić information content (AvgIpc) is 3.72. The van der Waals surface area contributed by atoms with Gasteiger partial charge >= 0.3 is 12.1 Å². The minimum atomic E-state index is -4.59. The zero-order valence-electron chi connectivity index (χ0n) is 21.5. The lowest BCUT2D eigenvalue weighted by Crippen LogP contribution is -2.49. The van der Waals surface area contributed by atoms with Crippen LogP contribution in [-0.2, 0) is 28.7 Å². The number of rotatable bonds is 6. The van der Waals surface area contributed by atoms with Crippen molar-refractivity contribution >= 4 is 17.6 Å². The van der Waals surface area contributed by atoms with E-state index in [1.54, 1.807) is 0 Å². The number of alkyl halides is 3. The Morgan fingerprint density at radius 2 is 1.89 bits per heavy atom. The third kappa shape index (κ3) is 5.53. The standard InChI is InChI=1S/C29H32ClF4NO3/c1-17(27(36)37-2)25(19-4-5-19)20-6-3-18-7-8-28(38-24(18)14-20)9-11-35(12-10-28)16-21-13-22(29(32,33)34)15-23(30)26(21)31/h3,6,13-15,17,19,25H,4-5,7-12,16H2,1-2H3. The lowest BCUT2D eigenvalue weighted by atomic mass is 9.80. The lowest BCUT2D eigenvalue weighted by molar-refractivity contribution is -0.145. The van der Waals surface area contributed by atoms with E-state index in [4.69, 9.17) is 21.1 Å². The molecule has 1 aliphatic carbocycles. The molecular formula is C29H32ClF4NO3. The molecule has 2 aromatic carbocycles. The Hall–Kier alpha value is -2.32. The smallest absolute Gasteiger partial charge is 0.416 e. The summed E-state index contributed by atoms with van der Waals surface area (Å²) in [5.74, 6) is 0.152. The number of hydrogen-bond acceptors (Lipinski definition) is 4. The van der Waals surface area contributed by atoms with Crippen LogP contribution in [0.4, 0.5) is 17.6 Å². The van der Waals surface area contributed by atoms with E-state index in [-0.39, 0.29) is 35.5 Å². The Morgan fingerprint density at radius 1 is 1.18 bits per heavy atom. The SMILES string of the molecule is COC(=O)C(C)C(c1ccc2c(c1)OC1(CC2)CCN(Cc2cc(C(F)(F)F)cc(Cl)c2F)CC1)C1CC1. The molecule has 1 saturated heterocycles. The highest BCUT2D eigenvalue weighted by Crippen LogP contribution is 2.49. The lowest BCUT2D eigenvalue weighted by Gasteiger charge is -2.45. The van der Waals surface area contributed by atoms with Crippen molar-refractivity contribution in [1.29, 1.82) is 0 Å². The van der Waals surface area contributed by atoms with Crippen LogP contribution in [0.5, 0.6) is 5.75 Å². The Labute approximate surface area is 225 Å². The predicted molar refractivity (Wildman–Crippen MR) is 136 cm³/mol. The van der Waals surface area contributed by atoms with Gasteiger partial charge in [0.2, 0.25) is 0 Å². The first kappa shape index (κ1) is 27.3. The molecule has 206 valence electrons. The third-order valence-electron chi connectivity index (χ3n) is 8.49.